The van der Waals surface area contributed by atoms with Crippen molar-refractivity contribution in [3.63, 3.8) is 0 Å². The standard InChI is InChI=1S/C9H17N/c1-4-9(3)7-6-8-10(9)5-2/h5H,2,4,6-8H2,1,3H3/t9-/m1/s1. The lowest BCUT2D eigenvalue weighted by atomic mass is 9.96. The van der Waals surface area contributed by atoms with E-state index in [0.29, 0.717) is 5.54 Å². The molecule has 1 heteroatoms. The minimum atomic E-state index is 0.418. The first-order valence-electron chi connectivity index (χ1n) is 4.12. The molecule has 0 aromatic rings. The van der Waals surface area contributed by atoms with Crippen molar-refractivity contribution in [1.82, 2.24) is 4.90 Å². The van der Waals surface area contributed by atoms with Gasteiger partial charge in [-0.25, -0.2) is 0 Å². The van der Waals surface area contributed by atoms with E-state index in [1.165, 1.54) is 25.8 Å². The summed E-state index contributed by atoms with van der Waals surface area (Å²) < 4.78 is 0. The van der Waals surface area contributed by atoms with Gasteiger partial charge in [0.15, 0.2) is 0 Å². The highest BCUT2D eigenvalue weighted by Gasteiger charge is 2.31. The number of likely N-dealkylation sites (tertiary alicyclic amines) is 1. The summed E-state index contributed by atoms with van der Waals surface area (Å²) in [5.41, 5.74) is 0.418. The Morgan fingerprint density at radius 2 is 2.40 bits per heavy atom. The molecule has 0 aromatic heterocycles. The van der Waals surface area contributed by atoms with Gasteiger partial charge in [0.25, 0.3) is 0 Å². The molecule has 0 aromatic carbocycles. The fourth-order valence-electron chi connectivity index (χ4n) is 1.74. The van der Waals surface area contributed by atoms with Crippen LogP contribution in [0.25, 0.3) is 0 Å². The highest BCUT2D eigenvalue weighted by atomic mass is 15.2. The quantitative estimate of drug-likeness (QED) is 0.568. The second-order valence-corrected chi connectivity index (χ2v) is 3.33. The Labute approximate surface area is 63.7 Å². The van der Waals surface area contributed by atoms with Crippen molar-refractivity contribution in [1.29, 1.82) is 0 Å². The molecule has 0 spiro atoms. The Bertz CT molecular complexity index is 131. The van der Waals surface area contributed by atoms with Crippen molar-refractivity contribution in [3.8, 4) is 0 Å². The lowest BCUT2D eigenvalue weighted by molar-refractivity contribution is 0.218. The zero-order valence-corrected chi connectivity index (χ0v) is 7.06. The Hall–Kier alpha value is -0.460. The van der Waals surface area contributed by atoms with Gasteiger partial charge < -0.3 is 4.90 Å². The summed E-state index contributed by atoms with van der Waals surface area (Å²) in [6, 6.07) is 0. The molecule has 1 saturated heterocycles. The van der Waals surface area contributed by atoms with E-state index in [1.807, 2.05) is 6.20 Å². The maximum Gasteiger partial charge on any atom is 0.0366 e. The molecule has 0 radical (unpaired) electrons. The summed E-state index contributed by atoms with van der Waals surface area (Å²) in [5, 5.41) is 0. The van der Waals surface area contributed by atoms with Crippen LogP contribution in [0.5, 0.6) is 0 Å². The molecule has 0 N–H and O–H groups in total. The maximum absolute atomic E-state index is 3.81. The lowest BCUT2D eigenvalue weighted by Crippen LogP contribution is -2.36. The Morgan fingerprint density at radius 3 is 2.80 bits per heavy atom. The first-order chi connectivity index (χ1) is 4.73. The summed E-state index contributed by atoms with van der Waals surface area (Å²) in [7, 11) is 0. The number of rotatable bonds is 2. The second-order valence-electron chi connectivity index (χ2n) is 3.33. The molecule has 1 fully saturated rings. The summed E-state index contributed by atoms with van der Waals surface area (Å²) in [5.74, 6) is 0. The zero-order chi connectivity index (χ0) is 7.61. The van der Waals surface area contributed by atoms with Gasteiger partial charge in [0.2, 0.25) is 0 Å². The Morgan fingerprint density at radius 1 is 1.70 bits per heavy atom. The summed E-state index contributed by atoms with van der Waals surface area (Å²) in [6.07, 6.45) is 5.88. The van der Waals surface area contributed by atoms with E-state index >= 15 is 0 Å². The van der Waals surface area contributed by atoms with Gasteiger partial charge >= 0.3 is 0 Å². The van der Waals surface area contributed by atoms with Gasteiger partial charge in [-0.05, 0) is 32.4 Å². The third-order valence-electron chi connectivity index (χ3n) is 2.79. The van der Waals surface area contributed by atoms with E-state index in [0.717, 1.165) is 0 Å². The first kappa shape index (κ1) is 7.64. The molecule has 1 aliphatic heterocycles. The van der Waals surface area contributed by atoms with Crippen molar-refractivity contribution in [3.05, 3.63) is 12.8 Å². The van der Waals surface area contributed by atoms with Crippen LogP contribution in [-0.4, -0.2) is 17.0 Å². The predicted molar refractivity (Wildman–Crippen MR) is 44.8 cm³/mol. The van der Waals surface area contributed by atoms with Gasteiger partial charge in [-0.1, -0.05) is 13.5 Å². The van der Waals surface area contributed by atoms with Crippen molar-refractivity contribution in [2.45, 2.75) is 38.6 Å². The van der Waals surface area contributed by atoms with Crippen LogP contribution in [0.4, 0.5) is 0 Å². The summed E-state index contributed by atoms with van der Waals surface area (Å²) in [4.78, 5) is 2.37. The van der Waals surface area contributed by atoms with E-state index in [9.17, 15) is 0 Å². The fraction of sp³-hybridized carbons (Fsp3) is 0.778. The van der Waals surface area contributed by atoms with E-state index < -0.39 is 0 Å². The van der Waals surface area contributed by atoms with E-state index in [1.54, 1.807) is 0 Å². The van der Waals surface area contributed by atoms with Crippen LogP contribution in [0.2, 0.25) is 0 Å². The van der Waals surface area contributed by atoms with Gasteiger partial charge in [-0.15, -0.1) is 0 Å². The molecular weight excluding hydrogens is 122 g/mol. The zero-order valence-electron chi connectivity index (χ0n) is 7.06. The Kier molecular flexibility index (Phi) is 2.02. The third kappa shape index (κ3) is 1.05. The number of nitrogens with zero attached hydrogens (tertiary/aromatic N) is 1. The molecule has 1 rings (SSSR count). The molecule has 1 aliphatic rings. The van der Waals surface area contributed by atoms with Gasteiger partial charge in [-0.3, -0.25) is 0 Å². The van der Waals surface area contributed by atoms with E-state index in [2.05, 4.69) is 25.3 Å². The topological polar surface area (TPSA) is 3.24 Å². The molecule has 0 saturated carbocycles. The lowest BCUT2D eigenvalue weighted by Gasteiger charge is -2.33. The largest absolute Gasteiger partial charge is 0.373 e. The molecule has 0 bridgehead atoms. The van der Waals surface area contributed by atoms with Crippen molar-refractivity contribution in [2.24, 2.45) is 0 Å². The monoisotopic (exact) mass is 139 g/mol. The minimum Gasteiger partial charge on any atom is -0.373 e. The van der Waals surface area contributed by atoms with Crippen LogP contribution >= 0.6 is 0 Å². The van der Waals surface area contributed by atoms with Crippen molar-refractivity contribution >= 4 is 0 Å². The average Bonchev–Trinajstić information content (AvgIpc) is 2.32. The van der Waals surface area contributed by atoms with Gasteiger partial charge in [0, 0.05) is 12.1 Å². The highest BCUT2D eigenvalue weighted by Crippen LogP contribution is 2.31. The molecular formula is C9H17N. The van der Waals surface area contributed by atoms with Gasteiger partial charge in [-0.2, -0.15) is 0 Å². The number of hydrogen-bond acceptors (Lipinski definition) is 1. The van der Waals surface area contributed by atoms with Crippen LogP contribution in [0, 0.1) is 0 Å². The van der Waals surface area contributed by atoms with Gasteiger partial charge in [0.1, 0.15) is 0 Å². The first-order valence-corrected chi connectivity index (χ1v) is 4.12. The molecule has 10 heavy (non-hydrogen) atoms. The molecule has 0 amide bonds. The Balaban J connectivity index is 2.64. The smallest absolute Gasteiger partial charge is 0.0366 e. The molecule has 1 heterocycles. The molecule has 0 unspecified atom stereocenters. The van der Waals surface area contributed by atoms with Crippen LogP contribution in [0.15, 0.2) is 12.8 Å². The average molecular weight is 139 g/mol. The van der Waals surface area contributed by atoms with Crippen molar-refractivity contribution < 1.29 is 0 Å². The maximum atomic E-state index is 3.81. The summed E-state index contributed by atoms with van der Waals surface area (Å²) in [6.45, 7) is 9.59. The predicted octanol–water partition coefficient (Wildman–Crippen LogP) is 2.39. The van der Waals surface area contributed by atoms with Crippen LogP contribution < -0.4 is 0 Å². The minimum absolute atomic E-state index is 0.418. The second kappa shape index (κ2) is 2.65. The summed E-state index contributed by atoms with van der Waals surface area (Å²) >= 11 is 0. The molecule has 1 atom stereocenters. The van der Waals surface area contributed by atoms with E-state index in [-0.39, 0.29) is 0 Å². The molecule has 58 valence electrons. The number of hydrogen-bond donors (Lipinski definition) is 0. The highest BCUT2D eigenvalue weighted by molar-refractivity contribution is 4.95. The molecule has 0 aliphatic carbocycles. The van der Waals surface area contributed by atoms with E-state index in [4.69, 9.17) is 0 Å². The van der Waals surface area contributed by atoms with Crippen LogP contribution in [-0.2, 0) is 0 Å². The third-order valence-corrected chi connectivity index (χ3v) is 2.79. The molecule has 1 nitrogen and oxygen atoms in total. The van der Waals surface area contributed by atoms with Gasteiger partial charge in [0.05, 0.1) is 0 Å². The van der Waals surface area contributed by atoms with Crippen LogP contribution in [0.3, 0.4) is 0 Å². The fourth-order valence-corrected chi connectivity index (χ4v) is 1.74. The SMILES string of the molecule is C=CN1CCC[C@@]1(C)CC. The normalized spacial score (nSPS) is 32.8. The van der Waals surface area contributed by atoms with Crippen molar-refractivity contribution in [2.75, 3.05) is 6.54 Å². The van der Waals surface area contributed by atoms with Crippen LogP contribution in [0.1, 0.15) is 33.1 Å².